The molecule has 6 heteroatoms. The molecule has 1 heterocycles. The summed E-state index contributed by atoms with van der Waals surface area (Å²) >= 11 is 0. The molecule has 20 heavy (non-hydrogen) atoms. The molecule has 1 aromatic heterocycles. The van der Waals surface area contributed by atoms with Crippen molar-refractivity contribution in [2.45, 2.75) is 13.0 Å². The molecule has 0 bridgehead atoms. The zero-order chi connectivity index (χ0) is 14.4. The fraction of sp³-hybridized carbons (Fsp3) is 0.286. The first-order valence-corrected chi connectivity index (χ1v) is 6.30. The molecule has 1 aromatic carbocycles. The number of rotatable bonds is 6. The van der Waals surface area contributed by atoms with Crippen LogP contribution >= 0.6 is 0 Å². The number of halogens is 1. The monoisotopic (exact) mass is 277 g/mol. The highest BCUT2D eigenvalue weighted by Gasteiger charge is 2.11. The van der Waals surface area contributed by atoms with Crippen molar-refractivity contribution >= 4 is 5.91 Å². The molecule has 0 aliphatic rings. The van der Waals surface area contributed by atoms with Gasteiger partial charge in [-0.3, -0.25) is 4.79 Å². The first-order valence-electron chi connectivity index (χ1n) is 6.30. The van der Waals surface area contributed by atoms with Gasteiger partial charge in [-0.15, -0.1) is 0 Å². The zero-order valence-corrected chi connectivity index (χ0v) is 11.1. The first-order chi connectivity index (χ1) is 9.69. The maximum atomic E-state index is 13.0. The molecule has 0 fully saturated rings. The molecule has 0 saturated carbocycles. The van der Waals surface area contributed by atoms with E-state index in [1.807, 2.05) is 6.07 Å². The molecule has 0 aliphatic carbocycles. The van der Waals surface area contributed by atoms with Crippen LogP contribution in [0, 0.1) is 5.82 Å². The SMILES string of the molecule is CNCc1nc(C(=O)NCCc2cccc(F)c2)co1. The van der Waals surface area contributed by atoms with Crippen molar-refractivity contribution in [1.29, 1.82) is 0 Å². The van der Waals surface area contributed by atoms with Gasteiger partial charge in [0.1, 0.15) is 12.1 Å². The fourth-order valence-electron chi connectivity index (χ4n) is 1.75. The summed E-state index contributed by atoms with van der Waals surface area (Å²) in [5.74, 6) is -0.114. The number of aromatic nitrogens is 1. The standard InChI is InChI=1S/C14H16FN3O2/c1-16-8-13-18-12(9-20-13)14(19)17-6-5-10-3-2-4-11(15)7-10/h2-4,7,9,16H,5-6,8H2,1H3,(H,17,19). The largest absolute Gasteiger partial charge is 0.447 e. The van der Waals surface area contributed by atoms with E-state index in [9.17, 15) is 9.18 Å². The van der Waals surface area contributed by atoms with Crippen molar-refractivity contribution in [1.82, 2.24) is 15.6 Å². The van der Waals surface area contributed by atoms with Crippen LogP contribution in [-0.4, -0.2) is 24.5 Å². The van der Waals surface area contributed by atoms with Gasteiger partial charge in [-0.05, 0) is 31.2 Å². The van der Waals surface area contributed by atoms with Crippen LogP contribution in [0.3, 0.4) is 0 Å². The number of hydrogen-bond donors (Lipinski definition) is 2. The van der Waals surface area contributed by atoms with E-state index in [1.165, 1.54) is 18.4 Å². The third kappa shape index (κ3) is 3.89. The molecule has 0 spiro atoms. The molecule has 2 rings (SSSR count). The van der Waals surface area contributed by atoms with Gasteiger partial charge < -0.3 is 15.1 Å². The van der Waals surface area contributed by atoms with Crippen LogP contribution in [0.25, 0.3) is 0 Å². The Hall–Kier alpha value is -2.21. The van der Waals surface area contributed by atoms with E-state index in [-0.39, 0.29) is 17.4 Å². The summed E-state index contributed by atoms with van der Waals surface area (Å²) in [5, 5.41) is 5.60. The molecule has 1 amide bonds. The van der Waals surface area contributed by atoms with Crippen LogP contribution in [0.15, 0.2) is 34.9 Å². The number of amides is 1. The van der Waals surface area contributed by atoms with Crippen LogP contribution < -0.4 is 10.6 Å². The molecule has 106 valence electrons. The Morgan fingerprint density at radius 3 is 3.05 bits per heavy atom. The summed E-state index contributed by atoms with van der Waals surface area (Å²) < 4.78 is 18.1. The average Bonchev–Trinajstić information content (AvgIpc) is 2.88. The van der Waals surface area contributed by atoms with Gasteiger partial charge in [0.2, 0.25) is 5.89 Å². The van der Waals surface area contributed by atoms with E-state index in [2.05, 4.69) is 15.6 Å². The Morgan fingerprint density at radius 1 is 1.45 bits per heavy atom. The molecule has 0 unspecified atom stereocenters. The first kappa shape index (κ1) is 14.2. The molecule has 0 saturated heterocycles. The molecule has 0 radical (unpaired) electrons. The number of carbonyl (C=O) groups excluding carboxylic acids is 1. The second kappa shape index (κ2) is 6.81. The van der Waals surface area contributed by atoms with Crippen molar-refractivity contribution in [3.8, 4) is 0 Å². The number of benzene rings is 1. The summed E-state index contributed by atoms with van der Waals surface area (Å²) in [6.45, 7) is 0.882. The van der Waals surface area contributed by atoms with Crippen LogP contribution in [-0.2, 0) is 13.0 Å². The van der Waals surface area contributed by atoms with Crippen molar-refractivity contribution < 1.29 is 13.6 Å². The Balaban J connectivity index is 1.82. The topological polar surface area (TPSA) is 67.2 Å². The molecule has 5 nitrogen and oxygen atoms in total. The predicted molar refractivity (Wildman–Crippen MR) is 71.7 cm³/mol. The van der Waals surface area contributed by atoms with E-state index in [0.717, 1.165) is 5.56 Å². The van der Waals surface area contributed by atoms with E-state index >= 15 is 0 Å². The fourth-order valence-corrected chi connectivity index (χ4v) is 1.75. The van der Waals surface area contributed by atoms with Gasteiger partial charge in [-0.1, -0.05) is 12.1 Å². The number of nitrogens with zero attached hydrogens (tertiary/aromatic N) is 1. The summed E-state index contributed by atoms with van der Waals surface area (Å²) in [5.41, 5.74) is 1.08. The number of carbonyl (C=O) groups is 1. The number of oxazole rings is 1. The average molecular weight is 277 g/mol. The van der Waals surface area contributed by atoms with Gasteiger partial charge in [0.15, 0.2) is 5.69 Å². The second-order valence-electron chi connectivity index (χ2n) is 4.29. The molecule has 2 N–H and O–H groups in total. The summed E-state index contributed by atoms with van der Waals surface area (Å²) in [6, 6.07) is 6.30. The predicted octanol–water partition coefficient (Wildman–Crippen LogP) is 1.51. The minimum Gasteiger partial charge on any atom is -0.447 e. The lowest BCUT2D eigenvalue weighted by Crippen LogP contribution is -2.26. The van der Waals surface area contributed by atoms with Gasteiger partial charge in [0.25, 0.3) is 5.91 Å². The normalized spacial score (nSPS) is 10.5. The van der Waals surface area contributed by atoms with E-state index in [0.29, 0.717) is 25.4 Å². The number of nitrogens with one attached hydrogen (secondary N) is 2. The van der Waals surface area contributed by atoms with E-state index < -0.39 is 0 Å². The lowest BCUT2D eigenvalue weighted by atomic mass is 10.1. The smallest absolute Gasteiger partial charge is 0.273 e. The summed E-state index contributed by atoms with van der Waals surface area (Å²) in [7, 11) is 1.77. The van der Waals surface area contributed by atoms with Gasteiger partial charge in [-0.25, -0.2) is 9.37 Å². The van der Waals surface area contributed by atoms with Gasteiger partial charge >= 0.3 is 0 Å². The van der Waals surface area contributed by atoms with Crippen LogP contribution in [0.5, 0.6) is 0 Å². The third-order valence-corrected chi connectivity index (χ3v) is 2.70. The maximum Gasteiger partial charge on any atom is 0.273 e. The Kier molecular flexibility index (Phi) is 4.84. The number of hydrogen-bond acceptors (Lipinski definition) is 4. The Labute approximate surface area is 116 Å². The molecular weight excluding hydrogens is 261 g/mol. The highest BCUT2D eigenvalue weighted by atomic mass is 19.1. The van der Waals surface area contributed by atoms with Crippen LogP contribution in [0.1, 0.15) is 21.9 Å². The Morgan fingerprint density at radius 2 is 2.30 bits per heavy atom. The lowest BCUT2D eigenvalue weighted by molar-refractivity contribution is 0.0949. The van der Waals surface area contributed by atoms with Gasteiger partial charge in [0.05, 0.1) is 6.54 Å². The maximum absolute atomic E-state index is 13.0. The quantitative estimate of drug-likeness (QED) is 0.840. The second-order valence-corrected chi connectivity index (χ2v) is 4.29. The van der Waals surface area contributed by atoms with Crippen molar-refractivity contribution in [3.63, 3.8) is 0 Å². The van der Waals surface area contributed by atoms with Crippen LogP contribution in [0.4, 0.5) is 4.39 Å². The minimum absolute atomic E-state index is 0.245. The molecule has 0 atom stereocenters. The minimum atomic E-state index is -0.299. The van der Waals surface area contributed by atoms with Crippen LogP contribution in [0.2, 0.25) is 0 Å². The summed E-state index contributed by atoms with van der Waals surface area (Å²) in [6.07, 6.45) is 1.88. The van der Waals surface area contributed by atoms with E-state index in [1.54, 1.807) is 13.1 Å². The zero-order valence-electron chi connectivity index (χ0n) is 11.1. The molecular formula is C14H16FN3O2. The van der Waals surface area contributed by atoms with Gasteiger partial charge in [-0.2, -0.15) is 0 Å². The molecule has 0 aliphatic heterocycles. The Bertz CT molecular complexity index is 583. The van der Waals surface area contributed by atoms with E-state index in [4.69, 9.17) is 4.42 Å². The van der Waals surface area contributed by atoms with Gasteiger partial charge in [0, 0.05) is 6.54 Å². The van der Waals surface area contributed by atoms with Crippen molar-refractivity contribution in [3.05, 3.63) is 53.5 Å². The van der Waals surface area contributed by atoms with Crippen molar-refractivity contribution in [2.75, 3.05) is 13.6 Å². The third-order valence-electron chi connectivity index (χ3n) is 2.70. The lowest BCUT2D eigenvalue weighted by Gasteiger charge is -2.03. The summed E-state index contributed by atoms with van der Waals surface area (Å²) in [4.78, 5) is 15.8. The van der Waals surface area contributed by atoms with Crippen molar-refractivity contribution in [2.24, 2.45) is 0 Å². The highest BCUT2D eigenvalue weighted by molar-refractivity contribution is 5.91. The highest BCUT2D eigenvalue weighted by Crippen LogP contribution is 2.04. The molecule has 2 aromatic rings.